The van der Waals surface area contributed by atoms with Crippen LogP contribution in [0.3, 0.4) is 0 Å². The summed E-state index contributed by atoms with van der Waals surface area (Å²) in [5.41, 5.74) is 5.93. The first-order valence-electron chi connectivity index (χ1n) is 8.25. The molecule has 0 atom stereocenters. The van der Waals surface area contributed by atoms with E-state index in [0.717, 1.165) is 0 Å². The third-order valence-electron chi connectivity index (χ3n) is 4.47. The number of piperazine rings is 1. The number of rotatable bonds is 4. The third kappa shape index (κ3) is 3.85. The second-order valence-corrected chi connectivity index (χ2v) is 6.49. The van der Waals surface area contributed by atoms with Crippen molar-refractivity contribution in [3.8, 4) is 0 Å². The summed E-state index contributed by atoms with van der Waals surface area (Å²) in [7, 11) is 0. The van der Waals surface area contributed by atoms with Crippen LogP contribution >= 0.6 is 11.6 Å². The average Bonchev–Trinajstić information content (AvgIpc) is 2.67. The molecule has 2 aromatic carbocycles. The summed E-state index contributed by atoms with van der Waals surface area (Å²) in [5.74, 6) is -0.890. The van der Waals surface area contributed by atoms with Crippen LogP contribution in [-0.2, 0) is 0 Å². The second kappa shape index (κ2) is 7.63. The quantitative estimate of drug-likeness (QED) is 0.638. The molecule has 1 aliphatic heterocycles. The van der Waals surface area contributed by atoms with Crippen molar-refractivity contribution in [2.45, 2.75) is 0 Å². The summed E-state index contributed by atoms with van der Waals surface area (Å²) in [6, 6.07) is 11.0. The highest BCUT2D eigenvalue weighted by Gasteiger charge is 2.27. The van der Waals surface area contributed by atoms with Crippen molar-refractivity contribution in [3.05, 3.63) is 68.7 Å². The monoisotopic (exact) mass is 388 g/mol. The number of amides is 2. The molecule has 1 heterocycles. The van der Waals surface area contributed by atoms with Crippen LogP contribution in [0, 0.1) is 10.1 Å². The van der Waals surface area contributed by atoms with Gasteiger partial charge in [-0.25, -0.2) is 0 Å². The van der Waals surface area contributed by atoms with Crippen LogP contribution in [0.4, 0.5) is 11.4 Å². The van der Waals surface area contributed by atoms with Gasteiger partial charge in [0.05, 0.1) is 15.5 Å². The minimum atomic E-state index is -0.722. The molecule has 3 rings (SSSR count). The van der Waals surface area contributed by atoms with Gasteiger partial charge in [0, 0.05) is 37.8 Å². The zero-order valence-corrected chi connectivity index (χ0v) is 15.1. The maximum Gasteiger partial charge on any atom is 0.293 e. The van der Waals surface area contributed by atoms with Gasteiger partial charge in [-0.2, -0.15) is 0 Å². The van der Waals surface area contributed by atoms with Crippen molar-refractivity contribution in [1.82, 2.24) is 4.90 Å². The minimum Gasteiger partial charge on any atom is -0.366 e. The number of nitrogens with two attached hydrogens (primary N) is 1. The predicted molar refractivity (Wildman–Crippen MR) is 101 cm³/mol. The number of halogens is 1. The maximum absolute atomic E-state index is 12.6. The summed E-state index contributed by atoms with van der Waals surface area (Å²) in [4.78, 5) is 38.2. The fraction of sp³-hybridized carbons (Fsp3) is 0.222. The lowest BCUT2D eigenvalue weighted by atomic mass is 10.1. The van der Waals surface area contributed by atoms with Crippen molar-refractivity contribution in [1.29, 1.82) is 0 Å². The Labute approximate surface area is 160 Å². The molecule has 0 radical (unpaired) electrons. The van der Waals surface area contributed by atoms with Crippen molar-refractivity contribution in [2.75, 3.05) is 31.1 Å². The van der Waals surface area contributed by atoms with Crippen molar-refractivity contribution in [2.24, 2.45) is 5.73 Å². The van der Waals surface area contributed by atoms with Crippen LogP contribution < -0.4 is 10.6 Å². The number of carbonyl (C=O) groups excluding carboxylic acids is 2. The number of nitro benzene ring substituents is 1. The SMILES string of the molecule is NC(=O)c1ccc(N2CCN(C(=O)c3ccccc3Cl)CC2)c([N+](=O)[O-])c1. The molecule has 140 valence electrons. The van der Waals surface area contributed by atoms with Gasteiger partial charge >= 0.3 is 0 Å². The van der Waals surface area contributed by atoms with Crippen LogP contribution in [0.15, 0.2) is 42.5 Å². The number of carbonyl (C=O) groups is 2. The van der Waals surface area contributed by atoms with Gasteiger partial charge in [0.2, 0.25) is 5.91 Å². The van der Waals surface area contributed by atoms with Crippen LogP contribution in [0.25, 0.3) is 0 Å². The summed E-state index contributed by atoms with van der Waals surface area (Å²) in [6.45, 7) is 1.65. The van der Waals surface area contributed by atoms with E-state index in [-0.39, 0.29) is 17.2 Å². The molecule has 1 saturated heterocycles. The number of benzene rings is 2. The van der Waals surface area contributed by atoms with Gasteiger partial charge in [-0.15, -0.1) is 0 Å². The molecule has 2 N–H and O–H groups in total. The van der Waals surface area contributed by atoms with E-state index in [4.69, 9.17) is 17.3 Å². The first-order valence-corrected chi connectivity index (χ1v) is 8.63. The molecule has 27 heavy (non-hydrogen) atoms. The van der Waals surface area contributed by atoms with E-state index in [9.17, 15) is 19.7 Å². The number of hydrogen-bond donors (Lipinski definition) is 1. The van der Waals surface area contributed by atoms with E-state index in [1.54, 1.807) is 29.2 Å². The van der Waals surface area contributed by atoms with E-state index < -0.39 is 10.8 Å². The van der Waals surface area contributed by atoms with Crippen molar-refractivity contribution >= 4 is 34.8 Å². The number of nitrogens with zero attached hydrogens (tertiary/aromatic N) is 3. The van der Waals surface area contributed by atoms with E-state index in [2.05, 4.69) is 0 Å². The van der Waals surface area contributed by atoms with Crippen molar-refractivity contribution < 1.29 is 14.5 Å². The molecular weight excluding hydrogens is 372 g/mol. The number of anilines is 1. The highest BCUT2D eigenvalue weighted by atomic mass is 35.5. The Kier molecular flexibility index (Phi) is 5.27. The Bertz CT molecular complexity index is 910. The molecule has 0 saturated carbocycles. The van der Waals surface area contributed by atoms with Gasteiger partial charge in [-0.05, 0) is 24.3 Å². The zero-order chi connectivity index (χ0) is 19.6. The Hall–Kier alpha value is -3.13. The standard InChI is InChI=1S/C18H17ClN4O4/c19-14-4-2-1-3-13(14)18(25)22-9-7-21(8-10-22)15-6-5-12(17(20)24)11-16(15)23(26)27/h1-6,11H,7-10H2,(H2,20,24). The number of hydrogen-bond acceptors (Lipinski definition) is 5. The molecule has 1 fully saturated rings. The molecule has 0 bridgehead atoms. The molecule has 8 nitrogen and oxygen atoms in total. The fourth-order valence-corrected chi connectivity index (χ4v) is 3.26. The summed E-state index contributed by atoms with van der Waals surface area (Å²) < 4.78 is 0. The predicted octanol–water partition coefficient (Wildman–Crippen LogP) is 2.31. The van der Waals surface area contributed by atoms with Gasteiger partial charge in [0.25, 0.3) is 11.6 Å². The molecule has 9 heteroatoms. The van der Waals surface area contributed by atoms with Crippen LogP contribution in [0.5, 0.6) is 0 Å². The normalized spacial score (nSPS) is 14.1. The lowest BCUT2D eigenvalue weighted by Gasteiger charge is -2.36. The molecule has 0 unspecified atom stereocenters. The van der Waals surface area contributed by atoms with Gasteiger partial charge < -0.3 is 15.5 Å². The molecule has 0 aliphatic carbocycles. The molecule has 2 aromatic rings. The Morgan fingerprint density at radius 1 is 1.07 bits per heavy atom. The summed E-state index contributed by atoms with van der Waals surface area (Å²) in [6.07, 6.45) is 0. The van der Waals surface area contributed by atoms with E-state index in [1.165, 1.54) is 18.2 Å². The second-order valence-electron chi connectivity index (χ2n) is 6.08. The molecule has 2 amide bonds. The molecule has 0 aromatic heterocycles. The maximum atomic E-state index is 12.6. The third-order valence-corrected chi connectivity index (χ3v) is 4.80. The largest absolute Gasteiger partial charge is 0.366 e. The topological polar surface area (TPSA) is 110 Å². The molecule has 0 spiro atoms. The number of nitro groups is 1. The Morgan fingerprint density at radius 3 is 2.33 bits per heavy atom. The molecule has 1 aliphatic rings. The van der Waals surface area contributed by atoms with Crippen LogP contribution in [0.2, 0.25) is 5.02 Å². The highest BCUT2D eigenvalue weighted by Crippen LogP contribution is 2.30. The van der Waals surface area contributed by atoms with Crippen molar-refractivity contribution in [3.63, 3.8) is 0 Å². The summed E-state index contributed by atoms with van der Waals surface area (Å²) in [5, 5.41) is 11.8. The van der Waals surface area contributed by atoms with E-state index >= 15 is 0 Å². The zero-order valence-electron chi connectivity index (χ0n) is 14.3. The highest BCUT2D eigenvalue weighted by molar-refractivity contribution is 6.33. The first-order chi connectivity index (χ1) is 12.9. The van der Waals surface area contributed by atoms with Gasteiger partial charge in [0.1, 0.15) is 5.69 Å². The first kappa shape index (κ1) is 18.7. The fourth-order valence-electron chi connectivity index (χ4n) is 3.05. The Morgan fingerprint density at radius 2 is 1.74 bits per heavy atom. The Balaban J connectivity index is 1.76. The summed E-state index contributed by atoms with van der Waals surface area (Å²) >= 11 is 6.09. The van der Waals surface area contributed by atoms with E-state index in [1.807, 2.05) is 4.90 Å². The van der Waals surface area contributed by atoms with Gasteiger partial charge in [-0.1, -0.05) is 23.7 Å². The lowest BCUT2D eigenvalue weighted by Crippen LogP contribution is -2.49. The number of primary amides is 1. The van der Waals surface area contributed by atoms with Gasteiger partial charge in [0.15, 0.2) is 0 Å². The smallest absolute Gasteiger partial charge is 0.293 e. The van der Waals surface area contributed by atoms with E-state index in [0.29, 0.717) is 42.5 Å². The van der Waals surface area contributed by atoms with Gasteiger partial charge in [-0.3, -0.25) is 19.7 Å². The minimum absolute atomic E-state index is 0.0815. The van der Waals surface area contributed by atoms with Crippen LogP contribution in [-0.4, -0.2) is 47.8 Å². The van der Waals surface area contributed by atoms with Crippen LogP contribution in [0.1, 0.15) is 20.7 Å². The average molecular weight is 389 g/mol. The lowest BCUT2D eigenvalue weighted by molar-refractivity contribution is -0.384. The molecular formula is C18H17ClN4O4.